The summed E-state index contributed by atoms with van der Waals surface area (Å²) >= 11 is 1.86. The van der Waals surface area contributed by atoms with Gasteiger partial charge in [-0.3, -0.25) is 19.5 Å². The van der Waals surface area contributed by atoms with Crippen LogP contribution in [0.3, 0.4) is 0 Å². The van der Waals surface area contributed by atoms with Gasteiger partial charge in [0.05, 0.1) is 11.8 Å². The fraction of sp³-hybridized carbons (Fsp3) is 0.737. The highest BCUT2D eigenvalue weighted by Gasteiger charge is 2.58. The fourth-order valence-electron chi connectivity index (χ4n) is 4.36. The van der Waals surface area contributed by atoms with Gasteiger partial charge in [0.1, 0.15) is 0 Å². The molecule has 4 unspecified atom stereocenters. The molecule has 2 amide bonds. The van der Waals surface area contributed by atoms with E-state index < -0.39 is 0 Å². The van der Waals surface area contributed by atoms with Gasteiger partial charge in [0.25, 0.3) is 0 Å². The lowest BCUT2D eigenvalue weighted by molar-refractivity contribution is -0.140. The maximum absolute atomic E-state index is 12.7. The number of guanidine groups is 1. The van der Waals surface area contributed by atoms with Gasteiger partial charge < -0.3 is 10.6 Å². The van der Waals surface area contributed by atoms with Crippen molar-refractivity contribution in [2.45, 2.75) is 26.2 Å². The van der Waals surface area contributed by atoms with E-state index in [1.54, 1.807) is 0 Å². The third-order valence-corrected chi connectivity index (χ3v) is 6.26. The number of likely N-dealkylation sites (tertiary alicyclic amines) is 1. The van der Waals surface area contributed by atoms with Crippen molar-refractivity contribution < 1.29 is 9.59 Å². The average Bonchev–Trinajstić information content (AvgIpc) is 3.31. The number of hydrogen-bond acceptors (Lipinski definition) is 4. The maximum Gasteiger partial charge on any atom is 0.233 e. The van der Waals surface area contributed by atoms with E-state index in [0.29, 0.717) is 13.1 Å². The number of carbonyl (C=O) groups is 2. The van der Waals surface area contributed by atoms with Crippen molar-refractivity contribution in [1.29, 1.82) is 0 Å². The summed E-state index contributed by atoms with van der Waals surface area (Å²) in [6, 6.07) is 0. The Balaban J connectivity index is 1.46. The van der Waals surface area contributed by atoms with Crippen LogP contribution < -0.4 is 10.6 Å². The van der Waals surface area contributed by atoms with Crippen LogP contribution >= 0.6 is 11.8 Å². The highest BCUT2D eigenvalue weighted by molar-refractivity contribution is 7.98. The molecule has 6 nitrogen and oxygen atoms in total. The van der Waals surface area contributed by atoms with Crippen LogP contribution in [0.2, 0.25) is 0 Å². The topological polar surface area (TPSA) is 73.8 Å². The van der Waals surface area contributed by atoms with Crippen LogP contribution in [0.1, 0.15) is 26.2 Å². The summed E-state index contributed by atoms with van der Waals surface area (Å²) in [4.78, 5) is 31.3. The number of unbranched alkanes of at least 4 members (excludes halogenated alkanes) is 1. The van der Waals surface area contributed by atoms with Crippen molar-refractivity contribution >= 4 is 29.5 Å². The van der Waals surface area contributed by atoms with Gasteiger partial charge in [-0.15, -0.1) is 0 Å². The van der Waals surface area contributed by atoms with Gasteiger partial charge in [-0.25, -0.2) is 0 Å². The molecule has 1 saturated carbocycles. The van der Waals surface area contributed by atoms with E-state index in [2.05, 4.69) is 34.0 Å². The maximum atomic E-state index is 12.7. The van der Waals surface area contributed by atoms with Crippen LogP contribution in [0, 0.1) is 23.7 Å². The van der Waals surface area contributed by atoms with Gasteiger partial charge in [-0.2, -0.15) is 11.8 Å². The molecule has 0 radical (unpaired) electrons. The molecule has 2 aliphatic carbocycles. The Hall–Kier alpha value is -1.50. The lowest BCUT2D eigenvalue weighted by atomic mass is 9.85. The lowest BCUT2D eigenvalue weighted by Crippen LogP contribution is -2.43. The van der Waals surface area contributed by atoms with Crippen LogP contribution in [0.15, 0.2) is 17.1 Å². The van der Waals surface area contributed by atoms with E-state index in [4.69, 9.17) is 0 Å². The molecule has 1 heterocycles. The molecule has 0 aromatic rings. The van der Waals surface area contributed by atoms with E-state index >= 15 is 0 Å². The number of nitrogens with one attached hydrogen (secondary N) is 2. The van der Waals surface area contributed by atoms with Gasteiger partial charge in [-0.1, -0.05) is 12.2 Å². The molecule has 3 aliphatic rings. The van der Waals surface area contributed by atoms with Crippen molar-refractivity contribution in [3.63, 3.8) is 0 Å². The number of fused-ring (bicyclic) bond motifs is 5. The van der Waals surface area contributed by atoms with Crippen LogP contribution in [0.25, 0.3) is 0 Å². The number of aliphatic imine (C=N–C) groups is 1. The Morgan fingerprint density at radius 2 is 1.88 bits per heavy atom. The summed E-state index contributed by atoms with van der Waals surface area (Å²) in [7, 11) is 0. The first-order valence-corrected chi connectivity index (χ1v) is 11.1. The zero-order chi connectivity index (χ0) is 18.5. The van der Waals surface area contributed by atoms with Crippen molar-refractivity contribution in [2.24, 2.45) is 28.7 Å². The van der Waals surface area contributed by atoms with Gasteiger partial charge >= 0.3 is 0 Å². The molecule has 4 atom stereocenters. The summed E-state index contributed by atoms with van der Waals surface area (Å²) in [6.45, 7) is 4.56. The highest BCUT2D eigenvalue weighted by Crippen LogP contribution is 2.52. The summed E-state index contributed by atoms with van der Waals surface area (Å²) < 4.78 is 0. The minimum absolute atomic E-state index is 0.0256. The summed E-state index contributed by atoms with van der Waals surface area (Å²) in [5.41, 5.74) is 0. The summed E-state index contributed by atoms with van der Waals surface area (Å²) in [5.74, 6) is 2.33. The second-order valence-corrected chi connectivity index (χ2v) is 8.20. The van der Waals surface area contributed by atoms with Crippen molar-refractivity contribution in [3.05, 3.63) is 12.2 Å². The zero-order valence-corrected chi connectivity index (χ0v) is 16.6. The molecule has 0 spiro atoms. The quantitative estimate of drug-likeness (QED) is 0.209. The minimum Gasteiger partial charge on any atom is -0.357 e. The lowest BCUT2D eigenvalue weighted by Gasteiger charge is -2.18. The normalized spacial score (nSPS) is 29.6. The second-order valence-electron chi connectivity index (χ2n) is 7.22. The van der Waals surface area contributed by atoms with Crippen LogP contribution in [0.4, 0.5) is 0 Å². The molecule has 1 saturated heterocycles. The number of carbonyl (C=O) groups excluding carboxylic acids is 2. The first kappa shape index (κ1) is 19.3. The van der Waals surface area contributed by atoms with Gasteiger partial charge in [-0.05, 0) is 50.0 Å². The molecule has 2 fully saturated rings. The van der Waals surface area contributed by atoms with Crippen LogP contribution in [-0.2, 0) is 9.59 Å². The number of amides is 2. The Bertz CT molecular complexity index is 562. The molecule has 1 aliphatic heterocycles. The fourth-order valence-corrected chi connectivity index (χ4v) is 4.85. The van der Waals surface area contributed by atoms with E-state index in [-0.39, 0.29) is 35.5 Å². The number of hydrogen-bond donors (Lipinski definition) is 2. The second kappa shape index (κ2) is 8.93. The van der Waals surface area contributed by atoms with Crippen molar-refractivity contribution in [2.75, 3.05) is 38.2 Å². The largest absolute Gasteiger partial charge is 0.357 e. The smallest absolute Gasteiger partial charge is 0.233 e. The molecule has 144 valence electrons. The molecule has 2 bridgehead atoms. The van der Waals surface area contributed by atoms with E-state index in [1.165, 1.54) is 11.3 Å². The Labute approximate surface area is 160 Å². The first-order valence-electron chi connectivity index (χ1n) is 9.72. The third kappa shape index (κ3) is 3.92. The highest BCUT2D eigenvalue weighted by atomic mass is 32.2. The first-order chi connectivity index (χ1) is 12.7. The van der Waals surface area contributed by atoms with Crippen LogP contribution in [-0.4, -0.2) is 60.9 Å². The van der Waals surface area contributed by atoms with Gasteiger partial charge in [0.15, 0.2) is 5.96 Å². The molecule has 7 heteroatoms. The Kier molecular flexibility index (Phi) is 6.62. The number of thioether (sulfide) groups is 1. The predicted octanol–water partition coefficient (Wildman–Crippen LogP) is 1.49. The number of imide groups is 1. The number of nitrogens with zero attached hydrogens (tertiary/aromatic N) is 2. The molecular weight excluding hydrogens is 348 g/mol. The van der Waals surface area contributed by atoms with Crippen molar-refractivity contribution in [1.82, 2.24) is 15.5 Å². The Morgan fingerprint density at radius 1 is 1.19 bits per heavy atom. The molecular formula is C19H30N4O2S. The summed E-state index contributed by atoms with van der Waals surface area (Å²) in [5, 5.41) is 6.48. The number of rotatable bonds is 9. The van der Waals surface area contributed by atoms with E-state index in [0.717, 1.165) is 37.6 Å². The summed E-state index contributed by atoms with van der Waals surface area (Å²) in [6.07, 6.45) is 9.59. The Morgan fingerprint density at radius 3 is 2.50 bits per heavy atom. The molecule has 26 heavy (non-hydrogen) atoms. The molecule has 0 aromatic carbocycles. The monoisotopic (exact) mass is 378 g/mol. The molecule has 2 N–H and O–H groups in total. The zero-order valence-electron chi connectivity index (χ0n) is 15.7. The van der Waals surface area contributed by atoms with E-state index in [1.807, 2.05) is 18.7 Å². The van der Waals surface area contributed by atoms with Crippen molar-refractivity contribution in [3.8, 4) is 0 Å². The van der Waals surface area contributed by atoms with E-state index in [9.17, 15) is 9.59 Å². The van der Waals surface area contributed by atoms with Gasteiger partial charge in [0.2, 0.25) is 11.8 Å². The average molecular weight is 379 g/mol. The SMILES string of the molecule is CCNC(=NCCCCSC)NCCN1C(=O)C2C3C=CC(C3)C2C1=O. The molecule has 3 rings (SSSR count). The molecule has 0 aromatic heterocycles. The van der Waals surface area contributed by atoms with Crippen LogP contribution in [0.5, 0.6) is 0 Å². The predicted molar refractivity (Wildman–Crippen MR) is 106 cm³/mol. The minimum atomic E-state index is -0.101. The number of allylic oxidation sites excluding steroid dienone is 2. The van der Waals surface area contributed by atoms with Gasteiger partial charge in [0, 0.05) is 26.2 Å². The third-order valence-electron chi connectivity index (χ3n) is 5.56. The standard InChI is InChI=1S/C19H30N4O2S/c1-3-20-19(21-8-4-5-11-26-2)22-9-10-23-17(24)15-13-6-7-14(12-13)16(15)18(23)25/h6-7,13-16H,3-5,8-12H2,1-2H3,(H2,20,21,22).